The number of benzene rings is 2. The summed E-state index contributed by atoms with van der Waals surface area (Å²) in [7, 11) is -4.11. The molecule has 0 spiro atoms. The molecule has 0 radical (unpaired) electrons. The van der Waals surface area contributed by atoms with Crippen molar-refractivity contribution in [3.8, 4) is 0 Å². The Morgan fingerprint density at radius 2 is 1.85 bits per heavy atom. The number of amides is 1. The van der Waals surface area contributed by atoms with Crippen LogP contribution in [-0.4, -0.2) is 24.5 Å². The zero-order chi connectivity index (χ0) is 19.4. The molecule has 3 aromatic rings. The molecule has 0 saturated carbocycles. The van der Waals surface area contributed by atoms with Crippen molar-refractivity contribution < 1.29 is 22.0 Å². The minimum atomic E-state index is -4.11. The van der Waals surface area contributed by atoms with Crippen LogP contribution in [0, 0.1) is 5.82 Å². The molecule has 0 saturated heterocycles. The predicted octanol–water partition coefficient (Wildman–Crippen LogP) is 2.77. The van der Waals surface area contributed by atoms with Crippen LogP contribution in [0.2, 0.25) is 5.02 Å². The van der Waals surface area contributed by atoms with Crippen molar-refractivity contribution in [2.24, 2.45) is 0 Å². The Bertz CT molecular complexity index is 1050. The first-order chi connectivity index (χ1) is 12.9. The topological polar surface area (TPSA) is 102 Å². The van der Waals surface area contributed by atoms with Crippen LogP contribution >= 0.6 is 11.6 Å². The smallest absolute Gasteiger partial charge is 0.335 e. The first kappa shape index (κ1) is 19.0. The Morgan fingerprint density at radius 3 is 2.56 bits per heavy atom. The second kappa shape index (κ2) is 7.85. The summed E-state index contributed by atoms with van der Waals surface area (Å²) in [5, 5.41) is 8.91. The van der Waals surface area contributed by atoms with E-state index in [1.54, 1.807) is 30.3 Å². The van der Waals surface area contributed by atoms with Gasteiger partial charge in [-0.05, 0) is 24.3 Å². The van der Waals surface area contributed by atoms with Gasteiger partial charge in [-0.3, -0.25) is 4.79 Å². The van der Waals surface area contributed by atoms with E-state index in [2.05, 4.69) is 15.5 Å². The third kappa shape index (κ3) is 4.50. The molecular weight excluding hydrogens is 397 g/mol. The SMILES string of the molecule is O=C(NCc1nnc(S(=O)(=O)Cc2c(F)cccc2Cl)o1)c1ccccc1. The lowest BCUT2D eigenvalue weighted by atomic mass is 10.2. The Hall–Kier alpha value is -2.78. The van der Waals surface area contributed by atoms with Crippen LogP contribution < -0.4 is 5.32 Å². The minimum Gasteiger partial charge on any atom is -0.411 e. The highest BCUT2D eigenvalue weighted by Gasteiger charge is 2.26. The molecule has 10 heteroatoms. The Morgan fingerprint density at radius 1 is 1.11 bits per heavy atom. The summed E-state index contributed by atoms with van der Waals surface area (Å²) in [4.78, 5) is 12.0. The normalized spacial score (nSPS) is 11.3. The molecule has 0 aliphatic rings. The average Bonchev–Trinajstić information content (AvgIpc) is 3.14. The van der Waals surface area contributed by atoms with Gasteiger partial charge in [0.2, 0.25) is 15.7 Å². The van der Waals surface area contributed by atoms with E-state index in [-0.39, 0.29) is 28.9 Å². The number of rotatable bonds is 6. The molecule has 3 rings (SSSR count). The molecule has 0 bridgehead atoms. The van der Waals surface area contributed by atoms with Crippen LogP contribution in [0.25, 0.3) is 0 Å². The van der Waals surface area contributed by atoms with E-state index >= 15 is 0 Å². The van der Waals surface area contributed by atoms with E-state index in [1.165, 1.54) is 12.1 Å². The standard InChI is InChI=1S/C17H13ClFN3O4S/c18-13-7-4-8-14(19)12(13)10-27(24,25)17-22-21-15(26-17)9-20-16(23)11-5-2-1-3-6-11/h1-8H,9-10H2,(H,20,23). The fourth-order valence-corrected chi connectivity index (χ4v) is 3.70. The predicted molar refractivity (Wildman–Crippen MR) is 94.2 cm³/mol. The van der Waals surface area contributed by atoms with Crippen molar-refractivity contribution in [3.05, 3.63) is 76.4 Å². The highest BCUT2D eigenvalue weighted by molar-refractivity contribution is 7.90. The lowest BCUT2D eigenvalue weighted by Gasteiger charge is -2.04. The molecule has 0 aliphatic carbocycles. The minimum absolute atomic E-state index is 0.0200. The van der Waals surface area contributed by atoms with E-state index < -0.39 is 26.6 Å². The lowest BCUT2D eigenvalue weighted by Crippen LogP contribution is -2.22. The Labute approximate surface area is 159 Å². The first-order valence-electron chi connectivity index (χ1n) is 7.68. The first-order valence-corrected chi connectivity index (χ1v) is 9.71. The van der Waals surface area contributed by atoms with Crippen LogP contribution in [0.5, 0.6) is 0 Å². The molecule has 2 aromatic carbocycles. The molecule has 0 atom stereocenters. The van der Waals surface area contributed by atoms with Gasteiger partial charge in [0.15, 0.2) is 0 Å². The van der Waals surface area contributed by atoms with Gasteiger partial charge in [0, 0.05) is 16.1 Å². The fraction of sp³-hybridized carbons (Fsp3) is 0.118. The lowest BCUT2D eigenvalue weighted by molar-refractivity contribution is 0.0946. The number of nitrogens with zero attached hydrogens (tertiary/aromatic N) is 2. The van der Waals surface area contributed by atoms with Gasteiger partial charge in [-0.25, -0.2) is 12.8 Å². The van der Waals surface area contributed by atoms with Gasteiger partial charge >= 0.3 is 5.22 Å². The number of halogens is 2. The molecule has 0 fully saturated rings. The van der Waals surface area contributed by atoms with Crippen LogP contribution in [0.4, 0.5) is 4.39 Å². The third-order valence-corrected chi connectivity index (χ3v) is 5.27. The van der Waals surface area contributed by atoms with Gasteiger partial charge in [0.1, 0.15) is 5.82 Å². The molecule has 1 heterocycles. The molecular formula is C17H13ClFN3O4S. The third-order valence-electron chi connectivity index (χ3n) is 3.55. The van der Waals surface area contributed by atoms with Crippen molar-refractivity contribution in [2.45, 2.75) is 17.5 Å². The van der Waals surface area contributed by atoms with Gasteiger partial charge < -0.3 is 9.73 Å². The van der Waals surface area contributed by atoms with E-state index in [4.69, 9.17) is 16.0 Å². The molecule has 0 unspecified atom stereocenters. The second-order valence-electron chi connectivity index (χ2n) is 5.47. The summed E-state index contributed by atoms with van der Waals surface area (Å²) < 4.78 is 43.6. The highest BCUT2D eigenvalue weighted by atomic mass is 35.5. The molecule has 27 heavy (non-hydrogen) atoms. The molecule has 1 N–H and O–H groups in total. The zero-order valence-corrected chi connectivity index (χ0v) is 15.3. The molecule has 140 valence electrons. The number of carbonyl (C=O) groups is 1. The molecule has 1 aromatic heterocycles. The second-order valence-corrected chi connectivity index (χ2v) is 7.74. The maximum Gasteiger partial charge on any atom is 0.335 e. The van der Waals surface area contributed by atoms with Crippen LogP contribution in [0.1, 0.15) is 21.8 Å². The van der Waals surface area contributed by atoms with E-state index in [0.29, 0.717) is 5.56 Å². The van der Waals surface area contributed by atoms with E-state index in [0.717, 1.165) is 6.07 Å². The van der Waals surface area contributed by atoms with Gasteiger partial charge in [0.05, 0.1) is 12.3 Å². The number of nitrogens with one attached hydrogen (secondary N) is 1. The van der Waals surface area contributed by atoms with Crippen molar-refractivity contribution in [1.82, 2.24) is 15.5 Å². The van der Waals surface area contributed by atoms with Crippen molar-refractivity contribution in [2.75, 3.05) is 0 Å². The molecule has 7 nitrogen and oxygen atoms in total. The maximum absolute atomic E-state index is 13.8. The zero-order valence-electron chi connectivity index (χ0n) is 13.7. The van der Waals surface area contributed by atoms with Crippen LogP contribution in [0.3, 0.4) is 0 Å². The summed E-state index contributed by atoms with van der Waals surface area (Å²) in [6, 6.07) is 12.3. The van der Waals surface area contributed by atoms with Crippen molar-refractivity contribution in [3.63, 3.8) is 0 Å². The van der Waals surface area contributed by atoms with Crippen molar-refractivity contribution in [1.29, 1.82) is 0 Å². The maximum atomic E-state index is 13.8. The molecule has 1 amide bonds. The van der Waals surface area contributed by atoms with Crippen LogP contribution in [-0.2, 0) is 22.1 Å². The van der Waals surface area contributed by atoms with Crippen LogP contribution in [0.15, 0.2) is 58.2 Å². The van der Waals surface area contributed by atoms with Gasteiger partial charge in [-0.15, -0.1) is 5.10 Å². The average molecular weight is 410 g/mol. The number of hydrogen-bond acceptors (Lipinski definition) is 6. The number of carbonyl (C=O) groups excluding carboxylic acids is 1. The number of sulfone groups is 1. The number of aromatic nitrogens is 2. The molecule has 0 aliphatic heterocycles. The monoisotopic (exact) mass is 409 g/mol. The van der Waals surface area contributed by atoms with Crippen molar-refractivity contribution >= 4 is 27.3 Å². The summed E-state index contributed by atoms with van der Waals surface area (Å²) in [6.45, 7) is -0.156. The van der Waals surface area contributed by atoms with E-state index in [9.17, 15) is 17.6 Å². The summed E-state index contributed by atoms with van der Waals surface area (Å²) in [5.41, 5.74) is 0.246. The highest BCUT2D eigenvalue weighted by Crippen LogP contribution is 2.24. The summed E-state index contributed by atoms with van der Waals surface area (Å²) in [6.07, 6.45) is 0. The van der Waals surface area contributed by atoms with E-state index in [1.807, 2.05) is 0 Å². The van der Waals surface area contributed by atoms with Gasteiger partial charge in [-0.1, -0.05) is 41.0 Å². The summed E-state index contributed by atoms with van der Waals surface area (Å²) in [5.74, 6) is -1.95. The summed E-state index contributed by atoms with van der Waals surface area (Å²) >= 11 is 5.85. The number of hydrogen-bond donors (Lipinski definition) is 1. The van der Waals surface area contributed by atoms with Gasteiger partial charge in [-0.2, -0.15) is 0 Å². The Kier molecular flexibility index (Phi) is 5.52. The quantitative estimate of drug-likeness (QED) is 0.671. The van der Waals surface area contributed by atoms with Gasteiger partial charge in [0.25, 0.3) is 5.91 Å². The fourth-order valence-electron chi connectivity index (χ4n) is 2.20. The largest absolute Gasteiger partial charge is 0.411 e. The Balaban J connectivity index is 1.70.